The average molecular weight is 205 g/mol. The summed E-state index contributed by atoms with van der Waals surface area (Å²) in [4.78, 5) is 0. The lowest BCUT2D eigenvalue weighted by atomic mass is 9.75. The molecule has 78 valence electrons. The second kappa shape index (κ2) is 5.21. The van der Waals surface area contributed by atoms with Crippen LogP contribution >= 0.6 is 11.6 Å². The zero-order chi connectivity index (χ0) is 9.73. The SMILES string of the molecule is CCC(C)CC1(CCl)CCOCC1. The molecule has 1 unspecified atom stereocenters. The van der Waals surface area contributed by atoms with Gasteiger partial charge in [-0.05, 0) is 30.6 Å². The molecule has 0 bridgehead atoms. The number of ether oxygens (including phenoxy) is 1. The molecule has 0 radical (unpaired) electrons. The zero-order valence-corrected chi connectivity index (χ0v) is 9.57. The van der Waals surface area contributed by atoms with Crippen molar-refractivity contribution in [3.05, 3.63) is 0 Å². The highest BCUT2D eigenvalue weighted by Gasteiger charge is 2.32. The van der Waals surface area contributed by atoms with E-state index in [9.17, 15) is 0 Å². The first-order chi connectivity index (χ1) is 6.22. The molecule has 0 aromatic rings. The van der Waals surface area contributed by atoms with Crippen molar-refractivity contribution in [3.8, 4) is 0 Å². The third kappa shape index (κ3) is 3.14. The Balaban J connectivity index is 2.47. The summed E-state index contributed by atoms with van der Waals surface area (Å²) < 4.78 is 5.38. The van der Waals surface area contributed by atoms with Crippen LogP contribution in [-0.2, 0) is 4.74 Å². The van der Waals surface area contributed by atoms with E-state index in [1.54, 1.807) is 0 Å². The minimum absolute atomic E-state index is 0.384. The minimum atomic E-state index is 0.384. The summed E-state index contributed by atoms with van der Waals surface area (Å²) in [5.74, 6) is 1.61. The van der Waals surface area contributed by atoms with Gasteiger partial charge in [-0.15, -0.1) is 11.6 Å². The van der Waals surface area contributed by atoms with Crippen molar-refractivity contribution in [1.82, 2.24) is 0 Å². The van der Waals surface area contributed by atoms with Gasteiger partial charge in [0.2, 0.25) is 0 Å². The highest BCUT2D eigenvalue weighted by molar-refractivity contribution is 6.18. The predicted molar refractivity (Wildman–Crippen MR) is 57.3 cm³/mol. The molecular weight excluding hydrogens is 184 g/mol. The van der Waals surface area contributed by atoms with Gasteiger partial charge in [-0.1, -0.05) is 20.3 Å². The fourth-order valence-electron chi connectivity index (χ4n) is 2.08. The number of rotatable bonds is 4. The van der Waals surface area contributed by atoms with Crippen LogP contribution in [0.15, 0.2) is 0 Å². The van der Waals surface area contributed by atoms with Gasteiger partial charge in [0, 0.05) is 19.1 Å². The summed E-state index contributed by atoms with van der Waals surface area (Å²) in [7, 11) is 0. The molecule has 0 aromatic heterocycles. The summed E-state index contributed by atoms with van der Waals surface area (Å²) in [6.45, 7) is 6.39. The first-order valence-corrected chi connectivity index (χ1v) is 5.89. The number of hydrogen-bond acceptors (Lipinski definition) is 1. The molecule has 1 saturated heterocycles. The van der Waals surface area contributed by atoms with E-state index in [2.05, 4.69) is 13.8 Å². The highest BCUT2D eigenvalue weighted by atomic mass is 35.5. The van der Waals surface area contributed by atoms with Crippen LogP contribution in [0.1, 0.15) is 39.5 Å². The van der Waals surface area contributed by atoms with E-state index in [4.69, 9.17) is 16.3 Å². The molecule has 1 aliphatic rings. The Morgan fingerprint density at radius 2 is 2.00 bits per heavy atom. The molecule has 0 amide bonds. The van der Waals surface area contributed by atoms with Crippen LogP contribution in [0.4, 0.5) is 0 Å². The van der Waals surface area contributed by atoms with Crippen molar-refractivity contribution in [2.75, 3.05) is 19.1 Å². The Hall–Kier alpha value is 0.250. The summed E-state index contributed by atoms with van der Waals surface area (Å²) in [6.07, 6.45) is 4.84. The van der Waals surface area contributed by atoms with Crippen LogP contribution in [0.5, 0.6) is 0 Å². The standard InChI is InChI=1S/C11H21ClO/c1-3-10(2)8-11(9-12)4-6-13-7-5-11/h10H,3-9H2,1-2H3. The van der Waals surface area contributed by atoms with Crippen LogP contribution in [0.25, 0.3) is 0 Å². The van der Waals surface area contributed by atoms with E-state index >= 15 is 0 Å². The van der Waals surface area contributed by atoms with Crippen LogP contribution in [0.2, 0.25) is 0 Å². The van der Waals surface area contributed by atoms with E-state index in [0.29, 0.717) is 5.41 Å². The molecule has 1 fully saturated rings. The van der Waals surface area contributed by atoms with Crippen LogP contribution in [-0.4, -0.2) is 19.1 Å². The summed E-state index contributed by atoms with van der Waals surface area (Å²) in [6, 6.07) is 0. The molecule has 1 aliphatic heterocycles. The maximum Gasteiger partial charge on any atom is 0.0471 e. The molecule has 0 saturated carbocycles. The third-order valence-corrected chi connectivity index (χ3v) is 3.88. The van der Waals surface area contributed by atoms with Crippen molar-refractivity contribution in [2.45, 2.75) is 39.5 Å². The first-order valence-electron chi connectivity index (χ1n) is 5.36. The van der Waals surface area contributed by atoms with E-state index in [1.165, 1.54) is 12.8 Å². The fourth-order valence-corrected chi connectivity index (χ4v) is 2.46. The van der Waals surface area contributed by atoms with Crippen molar-refractivity contribution in [2.24, 2.45) is 11.3 Å². The molecule has 13 heavy (non-hydrogen) atoms. The van der Waals surface area contributed by atoms with Crippen molar-refractivity contribution >= 4 is 11.6 Å². The number of alkyl halides is 1. The number of halogens is 1. The van der Waals surface area contributed by atoms with Gasteiger partial charge in [0.1, 0.15) is 0 Å². The zero-order valence-electron chi connectivity index (χ0n) is 8.81. The van der Waals surface area contributed by atoms with Gasteiger partial charge in [-0.2, -0.15) is 0 Å². The topological polar surface area (TPSA) is 9.23 Å². The molecule has 2 heteroatoms. The maximum absolute atomic E-state index is 6.08. The quantitative estimate of drug-likeness (QED) is 0.638. The molecule has 1 heterocycles. The minimum Gasteiger partial charge on any atom is -0.381 e. The number of hydrogen-bond donors (Lipinski definition) is 0. The third-order valence-electron chi connectivity index (χ3n) is 3.32. The van der Waals surface area contributed by atoms with Gasteiger partial charge in [0.05, 0.1) is 0 Å². The Labute approximate surface area is 86.8 Å². The van der Waals surface area contributed by atoms with Crippen LogP contribution < -0.4 is 0 Å². The molecular formula is C11H21ClO. The predicted octanol–water partition coefficient (Wildman–Crippen LogP) is 3.46. The molecule has 0 spiro atoms. The van der Waals surface area contributed by atoms with E-state index in [0.717, 1.165) is 37.9 Å². The summed E-state index contributed by atoms with van der Waals surface area (Å²) in [5.41, 5.74) is 0.384. The molecule has 1 nitrogen and oxygen atoms in total. The van der Waals surface area contributed by atoms with Gasteiger partial charge in [-0.3, -0.25) is 0 Å². The normalized spacial score (nSPS) is 24.2. The van der Waals surface area contributed by atoms with Crippen molar-refractivity contribution in [1.29, 1.82) is 0 Å². The van der Waals surface area contributed by atoms with Gasteiger partial charge < -0.3 is 4.74 Å². The Morgan fingerprint density at radius 1 is 1.38 bits per heavy atom. The first kappa shape index (κ1) is 11.3. The maximum atomic E-state index is 6.08. The Kier molecular flexibility index (Phi) is 4.54. The van der Waals surface area contributed by atoms with Crippen LogP contribution in [0.3, 0.4) is 0 Å². The van der Waals surface area contributed by atoms with Gasteiger partial charge in [0.25, 0.3) is 0 Å². The lowest BCUT2D eigenvalue weighted by Gasteiger charge is -2.37. The van der Waals surface area contributed by atoms with Crippen LogP contribution in [0, 0.1) is 11.3 Å². The Morgan fingerprint density at radius 3 is 2.46 bits per heavy atom. The lowest BCUT2D eigenvalue weighted by Crippen LogP contribution is -2.32. The van der Waals surface area contributed by atoms with E-state index < -0.39 is 0 Å². The fraction of sp³-hybridized carbons (Fsp3) is 1.00. The summed E-state index contributed by atoms with van der Waals surface area (Å²) in [5, 5.41) is 0. The second-order valence-corrected chi connectivity index (χ2v) is 4.73. The van der Waals surface area contributed by atoms with E-state index in [1.807, 2.05) is 0 Å². The Bertz CT molecular complexity index is 141. The second-order valence-electron chi connectivity index (χ2n) is 4.46. The lowest BCUT2D eigenvalue weighted by molar-refractivity contribution is 0.0145. The molecule has 0 N–H and O–H groups in total. The average Bonchev–Trinajstić information content (AvgIpc) is 2.19. The largest absolute Gasteiger partial charge is 0.381 e. The van der Waals surface area contributed by atoms with Crippen molar-refractivity contribution < 1.29 is 4.74 Å². The monoisotopic (exact) mass is 204 g/mol. The van der Waals surface area contributed by atoms with Gasteiger partial charge >= 0.3 is 0 Å². The molecule has 1 atom stereocenters. The molecule has 0 aliphatic carbocycles. The summed E-state index contributed by atoms with van der Waals surface area (Å²) >= 11 is 6.08. The van der Waals surface area contributed by atoms with E-state index in [-0.39, 0.29) is 0 Å². The van der Waals surface area contributed by atoms with Gasteiger partial charge in [0.15, 0.2) is 0 Å². The molecule has 0 aromatic carbocycles. The highest BCUT2D eigenvalue weighted by Crippen LogP contribution is 2.38. The van der Waals surface area contributed by atoms with Gasteiger partial charge in [-0.25, -0.2) is 0 Å². The van der Waals surface area contributed by atoms with Crippen molar-refractivity contribution in [3.63, 3.8) is 0 Å². The molecule has 1 rings (SSSR count). The smallest absolute Gasteiger partial charge is 0.0471 e.